The number of hydrogen-bond donors (Lipinski definition) is 1. The first kappa shape index (κ1) is 14.1. The zero-order chi connectivity index (χ0) is 14.5. The molecule has 3 unspecified atom stereocenters. The molecule has 8 heteroatoms. The van der Waals surface area contributed by atoms with E-state index in [1.54, 1.807) is 16.7 Å². The van der Waals surface area contributed by atoms with E-state index in [2.05, 4.69) is 0 Å². The van der Waals surface area contributed by atoms with Crippen LogP contribution in [0.3, 0.4) is 0 Å². The zero-order valence-corrected chi connectivity index (χ0v) is 12.7. The first-order valence-electron chi connectivity index (χ1n) is 6.51. The average molecular weight is 316 g/mol. The van der Waals surface area contributed by atoms with E-state index in [9.17, 15) is 19.5 Å². The smallest absolute Gasteiger partial charge is 0.327 e. The molecule has 110 valence electrons. The van der Waals surface area contributed by atoms with Crippen molar-refractivity contribution in [3.63, 3.8) is 0 Å². The third-order valence-electron chi connectivity index (χ3n) is 4.18. The van der Waals surface area contributed by atoms with E-state index in [1.165, 1.54) is 16.7 Å². The highest BCUT2D eigenvalue weighted by atomic mass is 32.2. The number of thioether (sulfide) groups is 2. The Morgan fingerprint density at radius 3 is 2.80 bits per heavy atom. The molecule has 0 aliphatic carbocycles. The van der Waals surface area contributed by atoms with Gasteiger partial charge in [-0.15, -0.1) is 23.5 Å². The summed E-state index contributed by atoms with van der Waals surface area (Å²) in [4.78, 5) is 38.7. The van der Waals surface area contributed by atoms with Crippen molar-refractivity contribution in [2.24, 2.45) is 0 Å². The highest BCUT2D eigenvalue weighted by molar-refractivity contribution is 8.01. The first-order chi connectivity index (χ1) is 9.44. The van der Waals surface area contributed by atoms with Crippen molar-refractivity contribution >= 4 is 41.3 Å². The Bertz CT molecular complexity index is 486. The van der Waals surface area contributed by atoms with E-state index in [0.717, 1.165) is 6.42 Å². The number of carbonyl (C=O) groups is 3. The van der Waals surface area contributed by atoms with Gasteiger partial charge in [0.05, 0.1) is 10.7 Å². The summed E-state index contributed by atoms with van der Waals surface area (Å²) in [6, 6.07) is -1.26. The number of aliphatic carboxylic acids is 1. The highest BCUT2D eigenvalue weighted by Gasteiger charge is 2.54. The van der Waals surface area contributed by atoms with E-state index in [0.29, 0.717) is 23.8 Å². The third-order valence-corrected chi connectivity index (χ3v) is 6.70. The Balaban J connectivity index is 1.81. The van der Waals surface area contributed by atoms with E-state index in [4.69, 9.17) is 0 Å². The van der Waals surface area contributed by atoms with Gasteiger partial charge in [-0.1, -0.05) is 0 Å². The summed E-state index contributed by atoms with van der Waals surface area (Å²) in [5.41, 5.74) is 0. The summed E-state index contributed by atoms with van der Waals surface area (Å²) in [6.45, 7) is 1.99. The lowest BCUT2D eigenvalue weighted by atomic mass is 10.2. The quantitative estimate of drug-likeness (QED) is 0.796. The number of amides is 2. The molecule has 0 bridgehead atoms. The second-order valence-electron chi connectivity index (χ2n) is 5.43. The normalized spacial score (nSPS) is 36.5. The maximum Gasteiger partial charge on any atom is 0.327 e. The summed E-state index contributed by atoms with van der Waals surface area (Å²) in [7, 11) is 0. The zero-order valence-electron chi connectivity index (χ0n) is 11.1. The molecule has 0 aromatic rings. The monoisotopic (exact) mass is 316 g/mol. The average Bonchev–Trinajstić information content (AvgIpc) is 3.05. The molecule has 3 saturated heterocycles. The van der Waals surface area contributed by atoms with Crippen LogP contribution in [-0.4, -0.2) is 67.0 Å². The van der Waals surface area contributed by atoms with Crippen LogP contribution in [0.4, 0.5) is 0 Å². The van der Waals surface area contributed by atoms with Gasteiger partial charge in [-0.2, -0.15) is 0 Å². The third kappa shape index (κ3) is 2.00. The van der Waals surface area contributed by atoms with Crippen LogP contribution in [0.25, 0.3) is 0 Å². The van der Waals surface area contributed by atoms with Crippen LogP contribution in [0.5, 0.6) is 0 Å². The number of hydrogen-bond acceptors (Lipinski definition) is 5. The number of carboxylic acids is 1. The van der Waals surface area contributed by atoms with Gasteiger partial charge in [0.2, 0.25) is 11.8 Å². The van der Waals surface area contributed by atoms with E-state index in [-0.39, 0.29) is 16.7 Å². The minimum atomic E-state index is -0.968. The van der Waals surface area contributed by atoms with Crippen LogP contribution in [0, 0.1) is 0 Å². The molecular formula is C12H16N2O4S2. The number of nitrogens with zero attached hydrogens (tertiary/aromatic N) is 2. The molecule has 3 fully saturated rings. The predicted molar refractivity (Wildman–Crippen MR) is 76.3 cm³/mol. The lowest BCUT2D eigenvalue weighted by molar-refractivity contribution is -0.151. The van der Waals surface area contributed by atoms with Crippen molar-refractivity contribution in [2.75, 3.05) is 17.4 Å². The highest BCUT2D eigenvalue weighted by Crippen LogP contribution is 2.47. The maximum absolute atomic E-state index is 12.6. The molecular weight excluding hydrogens is 300 g/mol. The Labute approximate surface area is 125 Å². The van der Waals surface area contributed by atoms with E-state index in [1.807, 2.05) is 6.92 Å². The van der Waals surface area contributed by atoms with Crippen LogP contribution in [0.2, 0.25) is 0 Å². The summed E-state index contributed by atoms with van der Waals surface area (Å²) in [5, 5.41) is 9.17. The maximum atomic E-state index is 12.6. The van der Waals surface area contributed by atoms with Crippen molar-refractivity contribution in [3.8, 4) is 0 Å². The first-order valence-corrected chi connectivity index (χ1v) is 8.65. The largest absolute Gasteiger partial charge is 0.480 e. The van der Waals surface area contributed by atoms with Crippen LogP contribution in [0.15, 0.2) is 0 Å². The van der Waals surface area contributed by atoms with Crippen molar-refractivity contribution in [3.05, 3.63) is 0 Å². The van der Waals surface area contributed by atoms with Crippen LogP contribution >= 0.6 is 23.5 Å². The molecule has 0 radical (unpaired) electrons. The number of carboxylic acid groups (broad SMARTS) is 1. The Morgan fingerprint density at radius 2 is 2.10 bits per heavy atom. The van der Waals surface area contributed by atoms with Gasteiger partial charge in [-0.25, -0.2) is 4.79 Å². The van der Waals surface area contributed by atoms with Gasteiger partial charge in [-0.05, 0) is 13.3 Å². The van der Waals surface area contributed by atoms with E-state index >= 15 is 0 Å². The standard InChI is InChI=1S/C12H16N2O4S2/c1-12-3-2-9(15)14(12)7(5-20-12)10(16)13-6-19-4-8(13)11(17)18/h7-8H,2-6H2,1H3,(H,17,18). The van der Waals surface area contributed by atoms with Crippen molar-refractivity contribution in [2.45, 2.75) is 36.7 Å². The summed E-state index contributed by atoms with van der Waals surface area (Å²) in [6.07, 6.45) is 1.24. The predicted octanol–water partition coefficient (Wildman–Crippen LogP) is 0.427. The molecule has 1 N–H and O–H groups in total. The van der Waals surface area contributed by atoms with Gasteiger partial charge in [0.15, 0.2) is 0 Å². The van der Waals surface area contributed by atoms with Crippen LogP contribution in [0.1, 0.15) is 19.8 Å². The van der Waals surface area contributed by atoms with Gasteiger partial charge >= 0.3 is 5.97 Å². The molecule has 3 rings (SSSR count). The number of carbonyl (C=O) groups excluding carboxylic acids is 2. The SMILES string of the molecule is CC12CCC(=O)N1C(C(=O)N1CSCC1C(=O)O)CS2. The van der Waals surface area contributed by atoms with Gasteiger partial charge < -0.3 is 14.9 Å². The summed E-state index contributed by atoms with van der Waals surface area (Å²) >= 11 is 3.07. The number of fused-ring (bicyclic) bond motifs is 1. The fourth-order valence-corrected chi connectivity index (χ4v) is 5.64. The topological polar surface area (TPSA) is 77.9 Å². The van der Waals surface area contributed by atoms with Crippen LogP contribution in [-0.2, 0) is 14.4 Å². The van der Waals surface area contributed by atoms with Gasteiger partial charge in [0.25, 0.3) is 0 Å². The van der Waals surface area contributed by atoms with Crippen molar-refractivity contribution in [1.82, 2.24) is 9.80 Å². The molecule has 0 spiro atoms. The minimum Gasteiger partial charge on any atom is -0.480 e. The molecule has 6 nitrogen and oxygen atoms in total. The molecule has 0 aromatic carbocycles. The Hall–Kier alpha value is -0.890. The molecule has 3 atom stereocenters. The molecule has 20 heavy (non-hydrogen) atoms. The lowest BCUT2D eigenvalue weighted by Crippen LogP contribution is -2.54. The van der Waals surface area contributed by atoms with Gasteiger partial charge in [-0.3, -0.25) is 9.59 Å². The molecule has 3 aliphatic rings. The van der Waals surface area contributed by atoms with Gasteiger partial charge in [0.1, 0.15) is 12.1 Å². The van der Waals surface area contributed by atoms with E-state index < -0.39 is 18.1 Å². The van der Waals surface area contributed by atoms with Crippen LogP contribution < -0.4 is 0 Å². The van der Waals surface area contributed by atoms with Crippen molar-refractivity contribution in [1.29, 1.82) is 0 Å². The second kappa shape index (κ2) is 4.84. The van der Waals surface area contributed by atoms with Crippen molar-refractivity contribution < 1.29 is 19.5 Å². The fraction of sp³-hybridized carbons (Fsp3) is 0.750. The summed E-state index contributed by atoms with van der Waals surface area (Å²) in [5.74, 6) is 0.212. The number of rotatable bonds is 2. The van der Waals surface area contributed by atoms with Gasteiger partial charge in [0, 0.05) is 17.9 Å². The Kier molecular flexibility index (Phi) is 3.40. The molecule has 2 amide bonds. The molecule has 3 aliphatic heterocycles. The minimum absolute atomic E-state index is 0.00887. The molecule has 0 saturated carbocycles. The Morgan fingerprint density at radius 1 is 1.35 bits per heavy atom. The molecule has 3 heterocycles. The fourth-order valence-electron chi connectivity index (χ4n) is 3.06. The summed E-state index contributed by atoms with van der Waals surface area (Å²) < 4.78 is 0. The lowest BCUT2D eigenvalue weighted by Gasteiger charge is -2.32. The second-order valence-corrected chi connectivity index (χ2v) is 7.93. The molecule has 0 aromatic heterocycles.